The first-order valence-electron chi connectivity index (χ1n) is 7.61. The van der Waals surface area contributed by atoms with Crippen LogP contribution >= 0.6 is 0 Å². The zero-order chi connectivity index (χ0) is 17.6. The summed E-state index contributed by atoms with van der Waals surface area (Å²) in [5.74, 6) is 0.571. The molecule has 1 unspecified atom stereocenters. The molecular formula is C16H25NO5S. The van der Waals surface area contributed by atoms with E-state index in [2.05, 4.69) is 0 Å². The van der Waals surface area contributed by atoms with Crippen molar-refractivity contribution in [2.24, 2.45) is 0 Å². The van der Waals surface area contributed by atoms with Gasteiger partial charge in [-0.25, -0.2) is 8.42 Å². The highest BCUT2D eigenvalue weighted by atomic mass is 32.2. The molecule has 1 aromatic rings. The Labute approximate surface area is 137 Å². The molecule has 2 N–H and O–H groups in total. The molecule has 0 aliphatic carbocycles. The number of ether oxygens (including phenoxy) is 1. The van der Waals surface area contributed by atoms with Crippen LogP contribution < -0.4 is 4.74 Å². The predicted molar refractivity (Wildman–Crippen MR) is 87.5 cm³/mol. The third-order valence-corrected chi connectivity index (χ3v) is 6.45. The monoisotopic (exact) mass is 343 g/mol. The zero-order valence-corrected chi connectivity index (χ0v) is 15.0. The average Bonchev–Trinajstić information content (AvgIpc) is 2.43. The van der Waals surface area contributed by atoms with Crippen LogP contribution in [-0.2, 0) is 10.0 Å². The molecular weight excluding hydrogens is 318 g/mol. The first-order chi connectivity index (χ1) is 10.5. The van der Waals surface area contributed by atoms with Gasteiger partial charge in [0.2, 0.25) is 10.0 Å². The number of hydrogen-bond acceptors (Lipinski definition) is 5. The van der Waals surface area contributed by atoms with E-state index in [1.807, 2.05) is 13.8 Å². The maximum Gasteiger partial charge on any atom is 0.216 e. The van der Waals surface area contributed by atoms with Crippen molar-refractivity contribution < 1.29 is 23.4 Å². The molecule has 1 aromatic carbocycles. The Kier molecular flexibility index (Phi) is 4.79. The number of sulfonamides is 1. The lowest BCUT2D eigenvalue weighted by atomic mass is 9.89. The summed E-state index contributed by atoms with van der Waals surface area (Å²) < 4.78 is 32.4. The molecule has 0 radical (unpaired) electrons. The van der Waals surface area contributed by atoms with Gasteiger partial charge in [-0.05, 0) is 39.8 Å². The second kappa shape index (κ2) is 6.05. The molecule has 23 heavy (non-hydrogen) atoms. The fourth-order valence-corrected chi connectivity index (χ4v) is 4.04. The van der Waals surface area contributed by atoms with Crippen molar-refractivity contribution >= 4 is 10.0 Å². The number of aliphatic hydroxyl groups is 2. The van der Waals surface area contributed by atoms with Gasteiger partial charge in [-0.15, -0.1) is 0 Å². The molecule has 0 aromatic heterocycles. The Morgan fingerprint density at radius 1 is 1.30 bits per heavy atom. The lowest BCUT2D eigenvalue weighted by Gasteiger charge is -2.41. The lowest BCUT2D eigenvalue weighted by Crippen LogP contribution is -2.44. The lowest BCUT2D eigenvalue weighted by molar-refractivity contribution is -0.0427. The van der Waals surface area contributed by atoms with Gasteiger partial charge in [-0.1, -0.05) is 6.07 Å². The molecule has 0 amide bonds. The molecule has 1 atom stereocenters. The normalized spacial score (nSPS) is 20.7. The molecule has 130 valence electrons. The van der Waals surface area contributed by atoms with Gasteiger partial charge in [0.05, 0.1) is 11.3 Å². The highest BCUT2D eigenvalue weighted by Gasteiger charge is 2.40. The summed E-state index contributed by atoms with van der Waals surface area (Å²) in [6, 6.07) is 4.42. The molecule has 0 fully saturated rings. The Morgan fingerprint density at radius 2 is 1.91 bits per heavy atom. The maximum absolute atomic E-state index is 12.6. The summed E-state index contributed by atoms with van der Waals surface area (Å²) in [5, 5.41) is 18.2. The van der Waals surface area contributed by atoms with E-state index < -0.39 is 33.2 Å². The van der Waals surface area contributed by atoms with Crippen LogP contribution in [0, 0.1) is 0 Å². The van der Waals surface area contributed by atoms with Crippen molar-refractivity contribution in [1.82, 2.24) is 4.31 Å². The number of nitrogens with zero attached hydrogens (tertiary/aromatic N) is 1. The molecule has 0 bridgehead atoms. The van der Waals surface area contributed by atoms with Gasteiger partial charge < -0.3 is 14.9 Å². The van der Waals surface area contributed by atoms with E-state index in [9.17, 15) is 18.6 Å². The Bertz CT molecular complexity index is 682. The Morgan fingerprint density at radius 3 is 2.43 bits per heavy atom. The van der Waals surface area contributed by atoms with E-state index in [1.165, 1.54) is 4.31 Å². The first kappa shape index (κ1) is 18.2. The summed E-state index contributed by atoms with van der Waals surface area (Å²) in [6.45, 7) is 7.11. The minimum atomic E-state index is -3.45. The fraction of sp³-hybridized carbons (Fsp3) is 0.625. The number of hydrogen-bond donors (Lipinski definition) is 2. The van der Waals surface area contributed by atoms with Crippen molar-refractivity contribution in [1.29, 1.82) is 0 Å². The molecule has 1 aliphatic heterocycles. The van der Waals surface area contributed by atoms with Crippen LogP contribution in [0.1, 0.15) is 57.6 Å². The molecule has 2 rings (SSSR count). The topological polar surface area (TPSA) is 87.1 Å². The van der Waals surface area contributed by atoms with E-state index in [0.717, 1.165) is 0 Å². The van der Waals surface area contributed by atoms with E-state index in [-0.39, 0.29) is 0 Å². The number of rotatable bonds is 4. The Balaban J connectivity index is 2.54. The van der Waals surface area contributed by atoms with Gasteiger partial charge in [0.15, 0.2) is 6.29 Å². The maximum atomic E-state index is 12.6. The van der Waals surface area contributed by atoms with Crippen molar-refractivity contribution in [2.45, 2.75) is 57.3 Å². The highest BCUT2D eigenvalue weighted by molar-refractivity contribution is 7.89. The summed E-state index contributed by atoms with van der Waals surface area (Å²) in [5.41, 5.74) is 0.451. The SMILES string of the molecule is CC(C)S(=O)(=O)N(C)C1CC(C)(C)Oc2ccc(C(O)O)cc21. The van der Waals surface area contributed by atoms with Gasteiger partial charge in [0.25, 0.3) is 0 Å². The van der Waals surface area contributed by atoms with E-state index in [0.29, 0.717) is 23.3 Å². The van der Waals surface area contributed by atoms with Gasteiger partial charge >= 0.3 is 0 Å². The highest BCUT2D eigenvalue weighted by Crippen LogP contribution is 2.44. The fourth-order valence-electron chi connectivity index (χ4n) is 2.83. The van der Waals surface area contributed by atoms with Gasteiger partial charge in [0.1, 0.15) is 11.4 Å². The first-order valence-corrected chi connectivity index (χ1v) is 9.12. The number of fused-ring (bicyclic) bond motifs is 1. The second-order valence-corrected chi connectivity index (χ2v) is 9.41. The zero-order valence-electron chi connectivity index (χ0n) is 14.1. The van der Waals surface area contributed by atoms with Crippen LogP contribution in [0.3, 0.4) is 0 Å². The van der Waals surface area contributed by atoms with Gasteiger partial charge in [-0.3, -0.25) is 0 Å². The summed E-state index contributed by atoms with van der Waals surface area (Å²) in [4.78, 5) is 0. The standard InChI is InChI=1S/C16H25NO5S/c1-10(2)23(20,21)17(5)13-9-16(3,4)22-14-7-6-11(15(18)19)8-12(13)14/h6-8,10,13,15,18-19H,9H2,1-5H3. The van der Waals surface area contributed by atoms with Crippen LogP contribution in [0.4, 0.5) is 0 Å². The van der Waals surface area contributed by atoms with Crippen LogP contribution in [0.25, 0.3) is 0 Å². The van der Waals surface area contributed by atoms with Crippen molar-refractivity contribution in [3.05, 3.63) is 29.3 Å². The van der Waals surface area contributed by atoms with Crippen LogP contribution in [0.2, 0.25) is 0 Å². The second-order valence-electron chi connectivity index (χ2n) is 6.86. The average molecular weight is 343 g/mol. The molecule has 0 saturated carbocycles. The smallest absolute Gasteiger partial charge is 0.216 e. The van der Waals surface area contributed by atoms with Crippen molar-refractivity contribution in [2.75, 3.05) is 7.05 Å². The van der Waals surface area contributed by atoms with Gasteiger partial charge in [-0.2, -0.15) is 4.31 Å². The molecule has 6 nitrogen and oxygen atoms in total. The largest absolute Gasteiger partial charge is 0.487 e. The third kappa shape index (κ3) is 3.52. The van der Waals surface area contributed by atoms with Crippen molar-refractivity contribution in [3.63, 3.8) is 0 Å². The minimum absolute atomic E-state index is 0.312. The molecule has 0 spiro atoms. The molecule has 7 heteroatoms. The van der Waals surface area contributed by atoms with Gasteiger partial charge in [0, 0.05) is 24.6 Å². The minimum Gasteiger partial charge on any atom is -0.487 e. The van der Waals surface area contributed by atoms with Crippen LogP contribution in [0.5, 0.6) is 5.75 Å². The predicted octanol–water partition coefficient (Wildman–Crippen LogP) is 1.94. The van der Waals surface area contributed by atoms with E-state index >= 15 is 0 Å². The quantitative estimate of drug-likeness (QED) is 0.816. The molecule has 0 saturated heterocycles. The summed E-state index contributed by atoms with van der Waals surface area (Å²) >= 11 is 0. The number of benzene rings is 1. The molecule has 1 heterocycles. The molecule has 1 aliphatic rings. The summed E-state index contributed by atoms with van der Waals surface area (Å²) in [6.07, 6.45) is -1.13. The summed E-state index contributed by atoms with van der Waals surface area (Å²) in [7, 11) is -1.89. The number of aliphatic hydroxyl groups excluding tert-OH is 1. The van der Waals surface area contributed by atoms with Crippen LogP contribution in [0.15, 0.2) is 18.2 Å². The van der Waals surface area contributed by atoms with E-state index in [4.69, 9.17) is 4.74 Å². The van der Waals surface area contributed by atoms with Crippen LogP contribution in [-0.4, -0.2) is 40.8 Å². The van der Waals surface area contributed by atoms with E-state index in [1.54, 1.807) is 39.1 Å². The third-order valence-electron chi connectivity index (χ3n) is 4.20. The Hall–Kier alpha value is -1.15. The van der Waals surface area contributed by atoms with Crippen molar-refractivity contribution in [3.8, 4) is 5.75 Å².